The summed E-state index contributed by atoms with van der Waals surface area (Å²) in [7, 11) is 0. The number of hydrogen-bond donors (Lipinski definition) is 0. The highest BCUT2D eigenvalue weighted by atomic mass is 16.5. The fourth-order valence-corrected chi connectivity index (χ4v) is 3.77. The molecular weight excluding hydrogens is 328 g/mol. The minimum Gasteiger partial charge on any atom is -0.465 e. The second kappa shape index (κ2) is 14.1. The average molecular weight is 369 g/mol. The van der Waals surface area contributed by atoms with Gasteiger partial charge in [0.25, 0.3) is 0 Å². The lowest BCUT2D eigenvalue weighted by molar-refractivity contribution is -0.156. The lowest BCUT2D eigenvalue weighted by Crippen LogP contribution is -2.30. The molecule has 0 spiro atoms. The van der Waals surface area contributed by atoms with E-state index in [-0.39, 0.29) is 23.8 Å². The van der Waals surface area contributed by atoms with Gasteiger partial charge in [-0.2, -0.15) is 0 Å². The van der Waals surface area contributed by atoms with E-state index >= 15 is 0 Å². The molecule has 0 saturated heterocycles. The van der Waals surface area contributed by atoms with Gasteiger partial charge in [-0.25, -0.2) is 0 Å². The third kappa shape index (κ3) is 9.05. The molecule has 0 bridgehead atoms. The van der Waals surface area contributed by atoms with E-state index < -0.39 is 0 Å². The molecule has 0 radical (unpaired) electrons. The Morgan fingerprint density at radius 3 is 2.12 bits per heavy atom. The van der Waals surface area contributed by atoms with E-state index in [1.165, 1.54) is 19.3 Å². The molecule has 1 fully saturated rings. The number of esters is 2. The van der Waals surface area contributed by atoms with E-state index in [1.54, 1.807) is 0 Å². The Bertz CT molecular complexity index is 394. The van der Waals surface area contributed by atoms with Gasteiger partial charge in [0.05, 0.1) is 25.0 Å². The Kier molecular flexibility index (Phi) is 12.4. The Balaban J connectivity index is 2.38. The van der Waals surface area contributed by atoms with E-state index in [4.69, 9.17) is 9.47 Å². The van der Waals surface area contributed by atoms with E-state index in [2.05, 4.69) is 20.8 Å². The smallest absolute Gasteiger partial charge is 0.308 e. The van der Waals surface area contributed by atoms with Crippen molar-refractivity contribution in [2.45, 2.75) is 97.8 Å². The first-order valence-corrected chi connectivity index (χ1v) is 11.0. The fraction of sp³-hybridized carbons (Fsp3) is 0.909. The van der Waals surface area contributed by atoms with Crippen molar-refractivity contribution in [3.8, 4) is 0 Å². The van der Waals surface area contributed by atoms with E-state index in [1.807, 2.05) is 0 Å². The number of ether oxygens (including phenoxy) is 2. The molecular formula is C22H40O4. The molecule has 4 nitrogen and oxygen atoms in total. The molecule has 0 aliphatic heterocycles. The molecule has 1 aliphatic rings. The van der Waals surface area contributed by atoms with Crippen LogP contribution in [0.15, 0.2) is 0 Å². The standard InChI is InChI=1S/C22H40O4/c1-4-7-9-12-18(11-6-3)17-26-22(24)20-14-10-13-19(16-20)21(23)25-15-8-5-2/h18-20H,4-17H2,1-3H3. The molecule has 3 atom stereocenters. The monoisotopic (exact) mass is 368 g/mol. The summed E-state index contributed by atoms with van der Waals surface area (Å²) < 4.78 is 11.0. The summed E-state index contributed by atoms with van der Waals surface area (Å²) in [5.74, 6) is -0.0135. The van der Waals surface area contributed by atoms with Crippen LogP contribution in [0.4, 0.5) is 0 Å². The van der Waals surface area contributed by atoms with Crippen LogP contribution < -0.4 is 0 Å². The molecule has 0 amide bonds. The molecule has 1 rings (SSSR count). The maximum atomic E-state index is 12.5. The third-order valence-corrected chi connectivity index (χ3v) is 5.46. The minimum absolute atomic E-state index is 0.104. The number of hydrogen-bond acceptors (Lipinski definition) is 4. The number of rotatable bonds is 13. The second-order valence-corrected chi connectivity index (χ2v) is 7.86. The highest BCUT2D eigenvalue weighted by Gasteiger charge is 2.33. The fourth-order valence-electron chi connectivity index (χ4n) is 3.77. The minimum atomic E-state index is -0.134. The molecule has 0 heterocycles. The predicted molar refractivity (Wildman–Crippen MR) is 105 cm³/mol. The van der Waals surface area contributed by atoms with Gasteiger partial charge < -0.3 is 9.47 Å². The van der Waals surface area contributed by atoms with E-state index in [0.717, 1.165) is 51.4 Å². The average Bonchev–Trinajstić information content (AvgIpc) is 2.66. The molecule has 1 aliphatic carbocycles. The van der Waals surface area contributed by atoms with Gasteiger partial charge in [0, 0.05) is 0 Å². The molecule has 0 aromatic rings. The quantitative estimate of drug-likeness (QED) is 0.310. The van der Waals surface area contributed by atoms with Crippen molar-refractivity contribution in [1.29, 1.82) is 0 Å². The molecule has 4 heteroatoms. The molecule has 1 saturated carbocycles. The summed E-state index contributed by atoms with van der Waals surface area (Å²) in [6, 6.07) is 0. The van der Waals surface area contributed by atoms with Gasteiger partial charge in [-0.3, -0.25) is 9.59 Å². The molecule has 26 heavy (non-hydrogen) atoms. The Hall–Kier alpha value is -1.06. The zero-order valence-corrected chi connectivity index (χ0v) is 17.3. The maximum Gasteiger partial charge on any atom is 0.308 e. The Morgan fingerprint density at radius 2 is 1.50 bits per heavy atom. The van der Waals surface area contributed by atoms with Gasteiger partial charge in [0.1, 0.15) is 0 Å². The molecule has 0 N–H and O–H groups in total. The summed E-state index contributed by atoms with van der Waals surface area (Å²) in [5.41, 5.74) is 0. The van der Waals surface area contributed by atoms with E-state index in [9.17, 15) is 9.59 Å². The van der Waals surface area contributed by atoms with Crippen molar-refractivity contribution in [2.24, 2.45) is 17.8 Å². The van der Waals surface area contributed by atoms with Crippen LogP contribution in [0.5, 0.6) is 0 Å². The van der Waals surface area contributed by atoms with Crippen LogP contribution in [0.2, 0.25) is 0 Å². The van der Waals surface area contributed by atoms with Crippen LogP contribution in [-0.4, -0.2) is 25.2 Å². The van der Waals surface area contributed by atoms with Crippen molar-refractivity contribution in [1.82, 2.24) is 0 Å². The van der Waals surface area contributed by atoms with Gasteiger partial charge in [-0.1, -0.05) is 59.3 Å². The topological polar surface area (TPSA) is 52.6 Å². The van der Waals surface area contributed by atoms with Crippen LogP contribution in [0, 0.1) is 17.8 Å². The van der Waals surface area contributed by atoms with Gasteiger partial charge in [-0.05, 0) is 44.4 Å². The number of carbonyl (C=O) groups is 2. The molecule has 0 aromatic carbocycles. The predicted octanol–water partition coefficient (Wildman–Crippen LogP) is 5.68. The van der Waals surface area contributed by atoms with Crippen LogP contribution in [0.3, 0.4) is 0 Å². The lowest BCUT2D eigenvalue weighted by Gasteiger charge is -2.27. The highest BCUT2D eigenvalue weighted by molar-refractivity contribution is 5.76. The maximum absolute atomic E-state index is 12.5. The second-order valence-electron chi connectivity index (χ2n) is 7.86. The largest absolute Gasteiger partial charge is 0.465 e. The first-order chi connectivity index (χ1) is 12.6. The van der Waals surface area contributed by atoms with Gasteiger partial charge in [-0.15, -0.1) is 0 Å². The first kappa shape index (κ1) is 23.0. The van der Waals surface area contributed by atoms with Crippen LogP contribution in [0.25, 0.3) is 0 Å². The van der Waals surface area contributed by atoms with Crippen molar-refractivity contribution < 1.29 is 19.1 Å². The van der Waals surface area contributed by atoms with Crippen LogP contribution >= 0.6 is 0 Å². The zero-order valence-electron chi connectivity index (χ0n) is 17.3. The summed E-state index contributed by atoms with van der Waals surface area (Å²) >= 11 is 0. The lowest BCUT2D eigenvalue weighted by atomic mass is 9.81. The van der Waals surface area contributed by atoms with Crippen molar-refractivity contribution in [3.05, 3.63) is 0 Å². The van der Waals surface area contributed by atoms with Crippen molar-refractivity contribution in [2.75, 3.05) is 13.2 Å². The number of unbranched alkanes of at least 4 members (excludes halogenated alkanes) is 3. The van der Waals surface area contributed by atoms with E-state index in [0.29, 0.717) is 25.6 Å². The van der Waals surface area contributed by atoms with Crippen molar-refractivity contribution >= 4 is 11.9 Å². The first-order valence-electron chi connectivity index (χ1n) is 11.0. The summed E-state index contributed by atoms with van der Waals surface area (Å²) in [5, 5.41) is 0. The van der Waals surface area contributed by atoms with Crippen LogP contribution in [0.1, 0.15) is 97.8 Å². The van der Waals surface area contributed by atoms with Crippen LogP contribution in [-0.2, 0) is 19.1 Å². The Labute approximate surface area is 160 Å². The van der Waals surface area contributed by atoms with Gasteiger partial charge in [0.15, 0.2) is 0 Å². The Morgan fingerprint density at radius 1 is 0.846 bits per heavy atom. The molecule has 0 aromatic heterocycles. The van der Waals surface area contributed by atoms with Crippen molar-refractivity contribution in [3.63, 3.8) is 0 Å². The summed E-state index contributed by atoms with van der Waals surface area (Å²) in [4.78, 5) is 24.7. The molecule has 3 unspecified atom stereocenters. The third-order valence-electron chi connectivity index (χ3n) is 5.46. The zero-order chi connectivity index (χ0) is 19.2. The number of carbonyl (C=O) groups excluding carboxylic acids is 2. The van der Waals surface area contributed by atoms with Gasteiger partial charge in [0.2, 0.25) is 0 Å². The van der Waals surface area contributed by atoms with Gasteiger partial charge >= 0.3 is 11.9 Å². The molecule has 152 valence electrons. The summed E-state index contributed by atoms with van der Waals surface area (Å²) in [6.07, 6.45) is 12.2. The highest BCUT2D eigenvalue weighted by Crippen LogP contribution is 2.31. The normalized spacial score (nSPS) is 21.2. The summed E-state index contributed by atoms with van der Waals surface area (Å²) in [6.45, 7) is 7.51. The SMILES string of the molecule is CCCCCC(CCC)COC(=O)C1CCCC(C(=O)OCCCC)C1.